The lowest BCUT2D eigenvalue weighted by Gasteiger charge is -2.12. The Balaban J connectivity index is 0.000000133. The zero-order valence-corrected chi connectivity index (χ0v) is 15.3. The quantitative estimate of drug-likeness (QED) is 0.616. The highest BCUT2D eigenvalue weighted by molar-refractivity contribution is 5.84. The van der Waals surface area contributed by atoms with Crippen molar-refractivity contribution in [2.75, 3.05) is 13.2 Å². The molecule has 1 aromatic heterocycles. The topological polar surface area (TPSA) is 37.0 Å². The summed E-state index contributed by atoms with van der Waals surface area (Å²) in [6, 6.07) is 16.7. The number of H-pyrrole nitrogens is 1. The first-order valence-electron chi connectivity index (χ1n) is 9.33. The normalized spacial score (nSPS) is 14.3. The van der Waals surface area contributed by atoms with Crippen molar-refractivity contribution in [2.24, 2.45) is 0 Å². The fraction of sp³-hybridized carbons (Fsp3) is 0.364. The van der Waals surface area contributed by atoms with E-state index >= 15 is 0 Å². The van der Waals surface area contributed by atoms with Crippen LogP contribution in [0, 0.1) is 0 Å². The highest BCUT2D eigenvalue weighted by Gasteiger charge is 2.13. The molecule has 3 heteroatoms. The van der Waals surface area contributed by atoms with E-state index in [1.54, 1.807) is 0 Å². The van der Waals surface area contributed by atoms with Crippen molar-refractivity contribution in [3.63, 3.8) is 0 Å². The first-order valence-corrected chi connectivity index (χ1v) is 9.33. The van der Waals surface area contributed by atoms with Crippen LogP contribution < -0.4 is 10.1 Å². The Kier molecular flexibility index (Phi) is 6.13. The lowest BCUT2D eigenvalue weighted by molar-refractivity contribution is 0.357. The van der Waals surface area contributed by atoms with E-state index in [0.717, 1.165) is 38.3 Å². The van der Waals surface area contributed by atoms with E-state index in [4.69, 9.17) is 4.74 Å². The number of aromatic amines is 1. The fourth-order valence-electron chi connectivity index (χ4n) is 3.24. The second-order valence-electron chi connectivity index (χ2n) is 6.47. The van der Waals surface area contributed by atoms with Crippen LogP contribution >= 0.6 is 0 Å². The Morgan fingerprint density at radius 1 is 0.960 bits per heavy atom. The summed E-state index contributed by atoms with van der Waals surface area (Å²) in [6.07, 6.45) is 3.48. The maximum absolute atomic E-state index is 5.30. The van der Waals surface area contributed by atoms with Gasteiger partial charge in [-0.05, 0) is 36.2 Å². The van der Waals surface area contributed by atoms with Crippen molar-refractivity contribution >= 4 is 10.9 Å². The minimum absolute atomic E-state index is 0.860. The van der Waals surface area contributed by atoms with E-state index in [0.29, 0.717) is 0 Å². The van der Waals surface area contributed by atoms with Crippen molar-refractivity contribution in [1.82, 2.24) is 10.3 Å². The molecule has 0 unspecified atom stereocenters. The number of hydrogen-bond donors (Lipinski definition) is 2. The van der Waals surface area contributed by atoms with Crippen LogP contribution in [0.2, 0.25) is 0 Å². The van der Waals surface area contributed by atoms with Crippen LogP contribution in [0.15, 0.2) is 48.5 Å². The molecule has 3 nitrogen and oxygen atoms in total. The fourth-order valence-corrected chi connectivity index (χ4v) is 3.24. The van der Waals surface area contributed by atoms with Gasteiger partial charge in [0.25, 0.3) is 0 Å². The molecule has 0 saturated heterocycles. The third kappa shape index (κ3) is 4.23. The highest BCUT2D eigenvalue weighted by Crippen LogP contribution is 2.24. The molecule has 0 atom stereocenters. The Morgan fingerprint density at radius 2 is 1.72 bits per heavy atom. The summed E-state index contributed by atoms with van der Waals surface area (Å²) in [5.41, 5.74) is 5.50. The smallest absolute Gasteiger partial charge is 0.122 e. The SMILES string of the molecule is CCC.c1ccc2c(c1)CCO2.c1ccc2c3c([nH]c2c1)CNCC3. The molecular formula is C22H28N2O. The van der Waals surface area contributed by atoms with Gasteiger partial charge in [0, 0.05) is 29.6 Å². The lowest BCUT2D eigenvalue weighted by Crippen LogP contribution is -2.22. The van der Waals surface area contributed by atoms with Crippen LogP contribution in [0.5, 0.6) is 5.75 Å². The minimum Gasteiger partial charge on any atom is -0.493 e. The minimum atomic E-state index is 0.860. The zero-order chi connectivity index (χ0) is 17.5. The molecule has 0 aliphatic carbocycles. The molecule has 0 radical (unpaired) electrons. The molecule has 2 N–H and O–H groups in total. The molecular weight excluding hydrogens is 308 g/mol. The largest absolute Gasteiger partial charge is 0.493 e. The molecule has 3 aromatic rings. The number of fused-ring (bicyclic) bond motifs is 4. The Bertz CT molecular complexity index is 784. The van der Waals surface area contributed by atoms with Gasteiger partial charge >= 0.3 is 0 Å². The summed E-state index contributed by atoms with van der Waals surface area (Å²) >= 11 is 0. The van der Waals surface area contributed by atoms with E-state index < -0.39 is 0 Å². The number of ether oxygens (including phenoxy) is 1. The van der Waals surface area contributed by atoms with Crippen LogP contribution in [-0.4, -0.2) is 18.1 Å². The van der Waals surface area contributed by atoms with Crippen molar-refractivity contribution in [2.45, 2.75) is 39.7 Å². The molecule has 0 amide bonds. The summed E-state index contributed by atoms with van der Waals surface area (Å²) in [4.78, 5) is 3.45. The molecule has 2 aliphatic rings. The summed E-state index contributed by atoms with van der Waals surface area (Å²) < 4.78 is 5.30. The van der Waals surface area contributed by atoms with Crippen molar-refractivity contribution in [3.05, 3.63) is 65.4 Å². The summed E-state index contributed by atoms with van der Waals surface area (Å²) in [6.45, 7) is 7.21. The molecule has 25 heavy (non-hydrogen) atoms. The van der Waals surface area contributed by atoms with Gasteiger partial charge in [0.1, 0.15) is 5.75 Å². The number of rotatable bonds is 0. The number of para-hydroxylation sites is 2. The van der Waals surface area contributed by atoms with Crippen molar-refractivity contribution in [3.8, 4) is 5.75 Å². The van der Waals surface area contributed by atoms with Gasteiger partial charge in [0.05, 0.1) is 6.61 Å². The zero-order valence-electron chi connectivity index (χ0n) is 15.3. The average molecular weight is 336 g/mol. The van der Waals surface area contributed by atoms with E-state index in [9.17, 15) is 0 Å². The van der Waals surface area contributed by atoms with Crippen molar-refractivity contribution in [1.29, 1.82) is 0 Å². The van der Waals surface area contributed by atoms with Crippen LogP contribution in [0.4, 0.5) is 0 Å². The van der Waals surface area contributed by atoms with Gasteiger partial charge in [0.15, 0.2) is 0 Å². The number of hydrogen-bond acceptors (Lipinski definition) is 2. The summed E-state index contributed by atoms with van der Waals surface area (Å²) in [5, 5.41) is 4.77. The third-order valence-corrected chi connectivity index (χ3v) is 4.36. The van der Waals surface area contributed by atoms with Gasteiger partial charge in [-0.3, -0.25) is 0 Å². The van der Waals surface area contributed by atoms with Gasteiger partial charge in [-0.15, -0.1) is 0 Å². The van der Waals surface area contributed by atoms with Crippen LogP contribution in [0.3, 0.4) is 0 Å². The predicted molar refractivity (Wildman–Crippen MR) is 105 cm³/mol. The van der Waals surface area contributed by atoms with Gasteiger partial charge in [0.2, 0.25) is 0 Å². The summed E-state index contributed by atoms with van der Waals surface area (Å²) in [5.74, 6) is 1.07. The van der Waals surface area contributed by atoms with Crippen LogP contribution in [0.25, 0.3) is 10.9 Å². The number of benzene rings is 2. The predicted octanol–water partition coefficient (Wildman–Crippen LogP) is 4.85. The molecule has 0 fully saturated rings. The second kappa shape index (κ2) is 8.72. The van der Waals surface area contributed by atoms with Crippen LogP contribution in [-0.2, 0) is 19.4 Å². The third-order valence-electron chi connectivity index (χ3n) is 4.36. The van der Waals surface area contributed by atoms with Gasteiger partial charge in [-0.1, -0.05) is 56.7 Å². The average Bonchev–Trinajstić information content (AvgIpc) is 3.27. The number of aromatic nitrogens is 1. The molecule has 3 heterocycles. The monoisotopic (exact) mass is 336 g/mol. The maximum Gasteiger partial charge on any atom is 0.122 e. The Morgan fingerprint density at radius 3 is 2.56 bits per heavy atom. The molecule has 0 spiro atoms. The van der Waals surface area contributed by atoms with Gasteiger partial charge in [-0.25, -0.2) is 0 Å². The van der Waals surface area contributed by atoms with E-state index in [1.807, 2.05) is 18.2 Å². The van der Waals surface area contributed by atoms with Crippen LogP contribution in [0.1, 0.15) is 37.1 Å². The maximum atomic E-state index is 5.30. The van der Waals surface area contributed by atoms with E-state index in [-0.39, 0.29) is 0 Å². The molecule has 0 bridgehead atoms. The second-order valence-corrected chi connectivity index (χ2v) is 6.47. The lowest BCUT2D eigenvalue weighted by atomic mass is 10.1. The van der Waals surface area contributed by atoms with Gasteiger partial charge in [-0.2, -0.15) is 0 Å². The van der Waals surface area contributed by atoms with E-state index in [1.165, 1.54) is 34.1 Å². The molecule has 2 aliphatic heterocycles. The van der Waals surface area contributed by atoms with E-state index in [2.05, 4.69) is 54.5 Å². The molecule has 2 aromatic carbocycles. The first-order chi connectivity index (χ1) is 12.3. The van der Waals surface area contributed by atoms with Crippen molar-refractivity contribution < 1.29 is 4.74 Å². The van der Waals surface area contributed by atoms with Gasteiger partial charge < -0.3 is 15.0 Å². The number of nitrogens with one attached hydrogen (secondary N) is 2. The molecule has 5 rings (SSSR count). The molecule has 132 valence electrons. The Labute approximate surface area is 150 Å². The standard InChI is InChI=1S/C11H12N2.C8H8O.C3H8/c1-2-4-10-8(3-1)9-5-6-12-7-11(9)13-10;1-2-4-8-7(3-1)5-6-9-8;1-3-2/h1-4,12-13H,5-7H2;1-4H,5-6H2;3H2,1-2H3. The first kappa shape index (κ1) is 17.6. The molecule has 0 saturated carbocycles. The Hall–Kier alpha value is -2.26. The highest BCUT2D eigenvalue weighted by atomic mass is 16.5. The summed E-state index contributed by atoms with van der Waals surface area (Å²) in [7, 11) is 0.